The fourth-order valence-corrected chi connectivity index (χ4v) is 4.00. The van der Waals surface area contributed by atoms with Crippen molar-refractivity contribution in [3.05, 3.63) is 46.2 Å². The molecule has 0 saturated heterocycles. The number of pyridine rings is 1. The summed E-state index contributed by atoms with van der Waals surface area (Å²) in [5.41, 5.74) is 1.98. The van der Waals surface area contributed by atoms with Gasteiger partial charge in [-0.3, -0.25) is 9.78 Å². The van der Waals surface area contributed by atoms with Gasteiger partial charge in [-0.25, -0.2) is 9.67 Å². The highest BCUT2D eigenvalue weighted by atomic mass is 35.5. The molecule has 0 aromatic carbocycles. The topological polar surface area (TPSA) is 85.6 Å². The van der Waals surface area contributed by atoms with Crippen LogP contribution in [0.3, 0.4) is 0 Å². The van der Waals surface area contributed by atoms with Gasteiger partial charge in [0.1, 0.15) is 0 Å². The molecule has 0 unspecified atom stereocenters. The first-order chi connectivity index (χ1) is 13.5. The molecule has 7 nitrogen and oxygen atoms in total. The quantitative estimate of drug-likeness (QED) is 0.650. The first-order valence-electron chi connectivity index (χ1n) is 9.26. The third kappa shape index (κ3) is 4.10. The van der Waals surface area contributed by atoms with Crippen molar-refractivity contribution in [1.82, 2.24) is 30.0 Å². The number of halogens is 2. The number of amides is 1. The van der Waals surface area contributed by atoms with Gasteiger partial charge >= 0.3 is 0 Å². The molecule has 0 atom stereocenters. The molecule has 3 aromatic rings. The molecule has 3 aromatic heterocycles. The Labute approximate surface area is 172 Å². The second-order valence-corrected chi connectivity index (χ2v) is 8.00. The molecular formula is C19H20Cl2N6O. The zero-order valence-electron chi connectivity index (χ0n) is 15.4. The van der Waals surface area contributed by atoms with Gasteiger partial charge in [-0.1, -0.05) is 11.6 Å². The van der Waals surface area contributed by atoms with Crippen LogP contribution in [0.1, 0.15) is 41.7 Å². The first-order valence-corrected chi connectivity index (χ1v) is 10.0. The second-order valence-electron chi connectivity index (χ2n) is 7.22. The molecular weight excluding hydrogens is 399 g/mol. The number of hydrogen-bond acceptors (Lipinski definition) is 5. The van der Waals surface area contributed by atoms with Gasteiger partial charge in [0, 0.05) is 25.0 Å². The molecule has 1 fully saturated rings. The van der Waals surface area contributed by atoms with Crippen LogP contribution in [0, 0.1) is 12.8 Å². The molecule has 3 heterocycles. The van der Waals surface area contributed by atoms with E-state index in [0.717, 1.165) is 43.3 Å². The molecule has 1 saturated carbocycles. The van der Waals surface area contributed by atoms with Crippen LogP contribution in [0.4, 0.5) is 0 Å². The highest BCUT2D eigenvalue weighted by molar-refractivity contribution is 6.30. The van der Waals surface area contributed by atoms with E-state index in [2.05, 4.69) is 25.4 Å². The minimum Gasteiger partial charge on any atom is -0.349 e. The fraction of sp³-hybridized carbons (Fsp3) is 0.421. The van der Waals surface area contributed by atoms with Gasteiger partial charge in [-0.05, 0) is 56.2 Å². The molecule has 9 heteroatoms. The van der Waals surface area contributed by atoms with E-state index >= 15 is 0 Å². The van der Waals surface area contributed by atoms with Crippen molar-refractivity contribution in [2.75, 3.05) is 0 Å². The number of carbonyl (C=O) groups is 1. The van der Waals surface area contributed by atoms with E-state index in [1.807, 2.05) is 11.6 Å². The summed E-state index contributed by atoms with van der Waals surface area (Å²) in [5, 5.41) is 9.12. The Morgan fingerprint density at radius 1 is 1.18 bits per heavy atom. The van der Waals surface area contributed by atoms with E-state index in [-0.39, 0.29) is 17.2 Å². The number of nitrogens with one attached hydrogen (secondary N) is 1. The van der Waals surface area contributed by atoms with Crippen LogP contribution in [0.5, 0.6) is 0 Å². The summed E-state index contributed by atoms with van der Waals surface area (Å²) >= 11 is 11.9. The number of nitrogens with zero attached hydrogens (tertiary/aromatic N) is 5. The van der Waals surface area contributed by atoms with Crippen molar-refractivity contribution in [2.24, 2.45) is 5.92 Å². The standard InChI is InChI=1S/C19H20Cl2N6O/c1-11-16(6-14(20)9-22-11)18(28)25-15-4-2-12(3-5-15)10-27-17-13(8-24-27)7-23-19(21)26-17/h6-9,12,15H,2-5,10H2,1H3,(H,25,28)/t12-,15-. The van der Waals surface area contributed by atoms with Crippen molar-refractivity contribution in [2.45, 2.75) is 45.2 Å². The number of fused-ring (bicyclic) bond motifs is 1. The van der Waals surface area contributed by atoms with Crippen molar-refractivity contribution in [1.29, 1.82) is 0 Å². The lowest BCUT2D eigenvalue weighted by molar-refractivity contribution is 0.0919. The van der Waals surface area contributed by atoms with Gasteiger partial charge in [0.15, 0.2) is 5.65 Å². The lowest BCUT2D eigenvalue weighted by atomic mass is 9.86. The van der Waals surface area contributed by atoms with Gasteiger partial charge < -0.3 is 5.32 Å². The van der Waals surface area contributed by atoms with E-state index < -0.39 is 0 Å². The van der Waals surface area contributed by atoms with E-state index in [0.29, 0.717) is 22.2 Å². The summed E-state index contributed by atoms with van der Waals surface area (Å²) in [6, 6.07) is 1.83. The number of aromatic nitrogens is 5. The normalized spacial score (nSPS) is 19.7. The summed E-state index contributed by atoms with van der Waals surface area (Å²) < 4.78 is 1.90. The average molecular weight is 419 g/mol. The zero-order chi connectivity index (χ0) is 19.7. The monoisotopic (exact) mass is 418 g/mol. The van der Waals surface area contributed by atoms with Crippen LogP contribution in [-0.2, 0) is 6.54 Å². The molecule has 4 rings (SSSR count). The highest BCUT2D eigenvalue weighted by Gasteiger charge is 2.24. The van der Waals surface area contributed by atoms with Crippen LogP contribution in [-0.4, -0.2) is 36.7 Å². The fourth-order valence-electron chi connectivity index (χ4n) is 3.71. The summed E-state index contributed by atoms with van der Waals surface area (Å²) in [7, 11) is 0. The molecule has 28 heavy (non-hydrogen) atoms. The molecule has 1 N–H and O–H groups in total. The largest absolute Gasteiger partial charge is 0.349 e. The molecule has 146 valence electrons. The van der Waals surface area contributed by atoms with E-state index in [1.54, 1.807) is 24.7 Å². The Morgan fingerprint density at radius 3 is 2.75 bits per heavy atom. The third-order valence-corrected chi connectivity index (χ3v) is 5.65. The summed E-state index contributed by atoms with van der Waals surface area (Å²) in [4.78, 5) is 25.0. The number of carbonyl (C=O) groups excluding carboxylic acids is 1. The van der Waals surface area contributed by atoms with Crippen LogP contribution in [0.25, 0.3) is 11.0 Å². The Bertz CT molecular complexity index is 1010. The second kappa shape index (κ2) is 8.01. The molecule has 1 aliphatic carbocycles. The Morgan fingerprint density at radius 2 is 1.96 bits per heavy atom. The molecule has 1 amide bonds. The SMILES string of the molecule is Cc1ncc(Cl)cc1C(=O)N[C@H]1CC[C@H](Cn2ncc3cnc(Cl)nc32)CC1. The highest BCUT2D eigenvalue weighted by Crippen LogP contribution is 2.27. The van der Waals surface area contributed by atoms with Crippen molar-refractivity contribution >= 4 is 40.1 Å². The molecule has 0 spiro atoms. The Kier molecular flexibility index (Phi) is 5.46. The van der Waals surface area contributed by atoms with Crippen molar-refractivity contribution in [3.8, 4) is 0 Å². The minimum atomic E-state index is -0.111. The maximum Gasteiger partial charge on any atom is 0.253 e. The van der Waals surface area contributed by atoms with Crippen LogP contribution in [0.15, 0.2) is 24.7 Å². The van der Waals surface area contributed by atoms with Crippen LogP contribution < -0.4 is 5.32 Å². The molecule has 0 aliphatic heterocycles. The van der Waals surface area contributed by atoms with Crippen LogP contribution >= 0.6 is 23.2 Å². The summed E-state index contributed by atoms with van der Waals surface area (Å²) in [5.74, 6) is 0.375. The minimum absolute atomic E-state index is 0.111. The Hall–Kier alpha value is -2.25. The van der Waals surface area contributed by atoms with Gasteiger partial charge in [0.2, 0.25) is 5.28 Å². The lowest BCUT2D eigenvalue weighted by Gasteiger charge is -2.29. The number of hydrogen-bond donors (Lipinski definition) is 1. The Balaban J connectivity index is 1.35. The summed E-state index contributed by atoms with van der Waals surface area (Å²) in [6.07, 6.45) is 8.88. The van der Waals surface area contributed by atoms with Crippen molar-refractivity contribution < 1.29 is 4.79 Å². The van der Waals surface area contributed by atoms with Gasteiger partial charge in [0.05, 0.1) is 27.9 Å². The maximum absolute atomic E-state index is 12.6. The number of rotatable bonds is 4. The molecule has 1 aliphatic rings. The molecule has 0 bridgehead atoms. The summed E-state index contributed by atoms with van der Waals surface area (Å²) in [6.45, 7) is 2.60. The maximum atomic E-state index is 12.6. The van der Waals surface area contributed by atoms with Gasteiger partial charge in [-0.15, -0.1) is 0 Å². The van der Waals surface area contributed by atoms with E-state index in [1.165, 1.54) is 0 Å². The smallest absolute Gasteiger partial charge is 0.253 e. The number of aryl methyl sites for hydroxylation is 1. The lowest BCUT2D eigenvalue weighted by Crippen LogP contribution is -2.38. The zero-order valence-corrected chi connectivity index (χ0v) is 16.9. The van der Waals surface area contributed by atoms with Gasteiger partial charge in [-0.2, -0.15) is 10.1 Å². The first kappa shape index (κ1) is 19.1. The van der Waals surface area contributed by atoms with E-state index in [4.69, 9.17) is 23.2 Å². The average Bonchev–Trinajstić information content (AvgIpc) is 3.07. The third-order valence-electron chi connectivity index (χ3n) is 5.26. The van der Waals surface area contributed by atoms with Gasteiger partial charge in [0.25, 0.3) is 5.91 Å². The van der Waals surface area contributed by atoms with Crippen molar-refractivity contribution in [3.63, 3.8) is 0 Å². The predicted molar refractivity (Wildman–Crippen MR) is 108 cm³/mol. The predicted octanol–water partition coefficient (Wildman–Crippen LogP) is 3.83. The molecule has 0 radical (unpaired) electrons. The van der Waals surface area contributed by atoms with E-state index in [9.17, 15) is 4.79 Å². The van der Waals surface area contributed by atoms with Crippen LogP contribution in [0.2, 0.25) is 10.3 Å².